The lowest BCUT2D eigenvalue weighted by atomic mass is 10.3. The van der Waals surface area contributed by atoms with E-state index in [9.17, 15) is 8.42 Å². The van der Waals surface area contributed by atoms with Crippen LogP contribution in [-0.4, -0.2) is 15.5 Å². The smallest absolute Gasteiger partial charge is 0.206 e. The van der Waals surface area contributed by atoms with Gasteiger partial charge < -0.3 is 26.7 Å². The molecule has 0 aromatic heterocycles. The molecule has 0 amide bonds. The molecule has 0 atom stereocenters. The van der Waals surface area contributed by atoms with Crippen LogP contribution in [0.15, 0.2) is 107 Å². The van der Waals surface area contributed by atoms with Gasteiger partial charge in [0.1, 0.15) is 23.0 Å². The van der Waals surface area contributed by atoms with Crippen LogP contribution < -0.4 is 26.7 Å². The minimum absolute atomic E-state index is 0.164. The van der Waals surface area contributed by atoms with E-state index in [0.29, 0.717) is 34.4 Å². The van der Waals surface area contributed by atoms with Gasteiger partial charge in [0.2, 0.25) is 9.84 Å². The average molecular weight is 464 g/mol. The predicted molar refractivity (Wildman–Crippen MR) is 130 cm³/mol. The third kappa shape index (κ3) is 6.03. The van der Waals surface area contributed by atoms with Crippen molar-refractivity contribution in [3.8, 4) is 23.0 Å². The molecule has 0 aliphatic heterocycles. The third-order valence-electron chi connectivity index (χ3n) is 4.46. The van der Waals surface area contributed by atoms with Gasteiger partial charge in [-0.15, -0.1) is 0 Å². The molecule has 0 aliphatic carbocycles. The van der Waals surface area contributed by atoms with Crippen molar-refractivity contribution in [3.05, 3.63) is 97.1 Å². The Morgan fingerprint density at radius 1 is 0.545 bits per heavy atom. The van der Waals surface area contributed by atoms with Crippen LogP contribution in [0.25, 0.3) is 0 Å². The highest BCUT2D eigenvalue weighted by atomic mass is 32.2. The minimum Gasteiger partial charge on any atom is -0.457 e. The summed E-state index contributed by atoms with van der Waals surface area (Å²) in [4.78, 5) is 0.328. The summed E-state index contributed by atoms with van der Waals surface area (Å²) in [6, 6.07) is 26.5. The van der Waals surface area contributed by atoms with E-state index in [2.05, 4.69) is 5.73 Å². The largest absolute Gasteiger partial charge is 0.457 e. The maximum atomic E-state index is 12.9. The monoisotopic (exact) mass is 463 g/mol. The molecule has 170 valence electrons. The first-order chi connectivity index (χ1) is 15.9. The number of rotatable bonds is 6. The Hall–Kier alpha value is -4.01. The number of anilines is 2. The van der Waals surface area contributed by atoms with Gasteiger partial charge in [-0.3, -0.25) is 0 Å². The number of benzene rings is 4. The van der Waals surface area contributed by atoms with Crippen molar-refractivity contribution < 1.29 is 17.9 Å². The predicted octanol–water partition coefficient (Wildman–Crippen LogP) is 4.84. The van der Waals surface area contributed by atoms with Crippen molar-refractivity contribution in [2.75, 3.05) is 18.5 Å². The summed E-state index contributed by atoms with van der Waals surface area (Å²) in [7, 11) is -2.18. The molecule has 4 aromatic carbocycles. The lowest BCUT2D eigenvalue weighted by Crippen LogP contribution is -2.01. The van der Waals surface area contributed by atoms with E-state index in [1.165, 1.54) is 31.3 Å². The number of hydrogen-bond donors (Lipinski definition) is 3. The van der Waals surface area contributed by atoms with Gasteiger partial charge in [-0.2, -0.15) is 0 Å². The quantitative estimate of drug-likeness (QED) is 0.349. The van der Waals surface area contributed by atoms with Crippen LogP contribution in [0.1, 0.15) is 0 Å². The van der Waals surface area contributed by atoms with E-state index < -0.39 is 9.84 Å². The highest BCUT2D eigenvalue weighted by Gasteiger charge is 2.18. The first kappa shape index (κ1) is 23.6. The Kier molecular flexibility index (Phi) is 7.55. The first-order valence-corrected chi connectivity index (χ1v) is 11.5. The molecule has 0 fully saturated rings. The summed E-state index contributed by atoms with van der Waals surface area (Å²) in [6.45, 7) is 0. The molecule has 8 heteroatoms. The standard InChI is InChI=1S/C24H20N2O4S.CH5N/c25-17-3-1-5-21(15-17)29-19-7-11-23(12-8-19)31(27,28)24-13-9-20(10-14-24)30-22-6-2-4-18(26)16-22;1-2/h1-16H,25-26H2;2H2,1H3. The number of nitrogens with two attached hydrogens (primary N) is 3. The van der Waals surface area contributed by atoms with Gasteiger partial charge in [-0.05, 0) is 79.8 Å². The number of ether oxygens (including phenoxy) is 2. The summed E-state index contributed by atoms with van der Waals surface area (Å²) in [5, 5.41) is 0. The van der Waals surface area contributed by atoms with Crippen molar-refractivity contribution in [2.45, 2.75) is 9.79 Å². The van der Waals surface area contributed by atoms with Gasteiger partial charge in [0.15, 0.2) is 0 Å². The summed E-state index contributed by atoms with van der Waals surface area (Å²) in [5.74, 6) is 2.17. The Balaban J connectivity index is 0.00000149. The summed E-state index contributed by atoms with van der Waals surface area (Å²) in [6.07, 6.45) is 0. The van der Waals surface area contributed by atoms with Gasteiger partial charge >= 0.3 is 0 Å². The molecule has 7 nitrogen and oxygen atoms in total. The van der Waals surface area contributed by atoms with E-state index in [1.807, 2.05) is 0 Å². The number of sulfone groups is 1. The SMILES string of the molecule is CN.Nc1cccc(Oc2ccc(S(=O)(=O)c3ccc(Oc4cccc(N)c4)cc3)cc2)c1. The van der Waals surface area contributed by atoms with Crippen LogP contribution in [-0.2, 0) is 9.84 Å². The van der Waals surface area contributed by atoms with Crippen molar-refractivity contribution in [1.29, 1.82) is 0 Å². The van der Waals surface area contributed by atoms with E-state index in [4.69, 9.17) is 20.9 Å². The van der Waals surface area contributed by atoms with Crippen LogP contribution in [0.5, 0.6) is 23.0 Å². The fraction of sp³-hybridized carbons (Fsp3) is 0.0400. The fourth-order valence-electron chi connectivity index (χ4n) is 2.94. The second-order valence-electron chi connectivity index (χ2n) is 6.80. The molecule has 0 saturated heterocycles. The molecule has 0 spiro atoms. The number of nitrogen functional groups attached to an aromatic ring is 2. The topological polar surface area (TPSA) is 131 Å². The fourth-order valence-corrected chi connectivity index (χ4v) is 4.20. The molecule has 4 aromatic rings. The van der Waals surface area contributed by atoms with Crippen LogP contribution in [0.3, 0.4) is 0 Å². The van der Waals surface area contributed by atoms with Crippen LogP contribution >= 0.6 is 0 Å². The zero-order chi connectivity index (χ0) is 23.8. The molecule has 0 saturated carbocycles. The molecule has 0 radical (unpaired) electrons. The Bertz CT molecular complexity index is 1210. The van der Waals surface area contributed by atoms with Crippen molar-refractivity contribution in [1.82, 2.24) is 0 Å². The van der Waals surface area contributed by atoms with E-state index in [0.717, 1.165) is 0 Å². The average Bonchev–Trinajstić information content (AvgIpc) is 2.81. The maximum Gasteiger partial charge on any atom is 0.206 e. The minimum atomic E-state index is -3.68. The molecule has 0 bridgehead atoms. The van der Waals surface area contributed by atoms with Crippen LogP contribution in [0, 0.1) is 0 Å². The van der Waals surface area contributed by atoms with E-state index in [1.54, 1.807) is 72.8 Å². The van der Waals surface area contributed by atoms with Gasteiger partial charge in [0, 0.05) is 23.5 Å². The molecule has 4 rings (SSSR count). The molecule has 0 heterocycles. The van der Waals surface area contributed by atoms with E-state index >= 15 is 0 Å². The Labute approximate surface area is 193 Å². The maximum absolute atomic E-state index is 12.9. The van der Waals surface area contributed by atoms with Crippen molar-refractivity contribution in [2.24, 2.45) is 5.73 Å². The van der Waals surface area contributed by atoms with Gasteiger partial charge in [0.05, 0.1) is 9.79 Å². The number of hydrogen-bond acceptors (Lipinski definition) is 7. The second kappa shape index (κ2) is 10.5. The zero-order valence-electron chi connectivity index (χ0n) is 18.0. The normalized spacial score (nSPS) is 10.6. The molecular formula is C25H25N3O4S. The molecule has 33 heavy (non-hydrogen) atoms. The first-order valence-electron chi connectivity index (χ1n) is 10.00. The molecule has 0 unspecified atom stereocenters. The van der Waals surface area contributed by atoms with Crippen molar-refractivity contribution in [3.63, 3.8) is 0 Å². The Morgan fingerprint density at radius 3 is 1.24 bits per heavy atom. The van der Waals surface area contributed by atoms with Gasteiger partial charge in [0.25, 0.3) is 0 Å². The van der Waals surface area contributed by atoms with Gasteiger partial charge in [-0.1, -0.05) is 12.1 Å². The molecule has 6 N–H and O–H groups in total. The lowest BCUT2D eigenvalue weighted by Gasteiger charge is -2.10. The van der Waals surface area contributed by atoms with Crippen LogP contribution in [0.2, 0.25) is 0 Å². The highest BCUT2D eigenvalue weighted by molar-refractivity contribution is 7.91. The summed E-state index contributed by atoms with van der Waals surface area (Å²) in [5.41, 5.74) is 17.2. The summed E-state index contributed by atoms with van der Waals surface area (Å²) < 4.78 is 37.3. The summed E-state index contributed by atoms with van der Waals surface area (Å²) >= 11 is 0. The van der Waals surface area contributed by atoms with Crippen LogP contribution in [0.4, 0.5) is 11.4 Å². The highest BCUT2D eigenvalue weighted by Crippen LogP contribution is 2.29. The van der Waals surface area contributed by atoms with Crippen molar-refractivity contribution >= 4 is 21.2 Å². The lowest BCUT2D eigenvalue weighted by molar-refractivity contribution is 0.482. The second-order valence-corrected chi connectivity index (χ2v) is 8.75. The Morgan fingerprint density at radius 2 is 0.909 bits per heavy atom. The van der Waals surface area contributed by atoms with Gasteiger partial charge in [-0.25, -0.2) is 8.42 Å². The van der Waals surface area contributed by atoms with E-state index in [-0.39, 0.29) is 9.79 Å². The molecular weight excluding hydrogens is 438 g/mol. The zero-order valence-corrected chi connectivity index (χ0v) is 18.8. The molecule has 0 aliphatic rings. The third-order valence-corrected chi connectivity index (χ3v) is 6.24.